The van der Waals surface area contributed by atoms with Crippen LogP contribution in [0.25, 0.3) is 0 Å². The van der Waals surface area contributed by atoms with Crippen LogP contribution in [0.3, 0.4) is 0 Å². The number of aliphatic hydroxyl groups excluding tert-OH is 1. The van der Waals surface area contributed by atoms with E-state index < -0.39 is 18.8 Å². The molecule has 8 heteroatoms. The Kier molecular flexibility index (Phi) is 4.33. The second-order valence-electron chi connectivity index (χ2n) is 2.79. The average Bonchev–Trinajstić information content (AvgIpc) is 2.18. The van der Waals surface area contributed by atoms with E-state index in [1.54, 1.807) is 0 Å². The highest BCUT2D eigenvalue weighted by Crippen LogP contribution is 2.26. The third kappa shape index (κ3) is 3.46. The lowest BCUT2D eigenvalue weighted by Gasteiger charge is -2.13. The highest BCUT2D eigenvalue weighted by molar-refractivity contribution is 14.1. The number of pyridine rings is 1. The zero-order chi connectivity index (χ0) is 12.3. The molecule has 0 spiro atoms. The molecule has 1 heterocycles. The Morgan fingerprint density at radius 1 is 1.50 bits per heavy atom. The van der Waals surface area contributed by atoms with Gasteiger partial charge in [0.25, 0.3) is 0 Å². The number of alkyl halides is 3. The number of nitrogens with two attached hydrogens (primary N) is 1. The molecule has 0 radical (unpaired) electrons. The number of hydrogen-bond acceptors (Lipinski definition) is 4. The van der Waals surface area contributed by atoms with E-state index in [-0.39, 0.29) is 17.8 Å². The summed E-state index contributed by atoms with van der Waals surface area (Å²) in [5.74, 6) is -0.612. The van der Waals surface area contributed by atoms with Gasteiger partial charge in [-0.3, -0.25) is 0 Å². The molecule has 4 nitrogen and oxygen atoms in total. The molecule has 0 aliphatic rings. The van der Waals surface area contributed by atoms with Crippen molar-refractivity contribution in [2.75, 3.05) is 0 Å². The van der Waals surface area contributed by atoms with Crippen LogP contribution >= 0.6 is 22.6 Å². The van der Waals surface area contributed by atoms with Crippen LogP contribution in [0, 0.1) is 3.57 Å². The quantitative estimate of drug-likeness (QED) is 0.814. The number of nitrogens with zero attached hydrogens (tertiary/aromatic N) is 1. The largest absolute Gasteiger partial charge is 0.574 e. The first-order valence-corrected chi connectivity index (χ1v) is 5.20. The molecule has 1 aromatic rings. The van der Waals surface area contributed by atoms with Crippen LogP contribution in [-0.4, -0.2) is 16.5 Å². The first kappa shape index (κ1) is 13.5. The molecule has 90 valence electrons. The fourth-order valence-electron chi connectivity index (χ4n) is 1.00. The van der Waals surface area contributed by atoms with E-state index >= 15 is 0 Å². The van der Waals surface area contributed by atoms with Crippen molar-refractivity contribution in [1.82, 2.24) is 4.98 Å². The van der Waals surface area contributed by atoms with Gasteiger partial charge in [0.2, 0.25) is 5.88 Å². The Bertz CT molecular complexity index is 384. The van der Waals surface area contributed by atoms with Crippen molar-refractivity contribution >= 4 is 22.6 Å². The number of ether oxygens (including phenoxy) is 1. The molecule has 0 aliphatic heterocycles. The van der Waals surface area contributed by atoms with Gasteiger partial charge in [-0.2, -0.15) is 0 Å². The van der Waals surface area contributed by atoms with Crippen LogP contribution in [0.4, 0.5) is 13.2 Å². The second kappa shape index (κ2) is 5.15. The third-order valence-corrected chi connectivity index (χ3v) is 2.60. The van der Waals surface area contributed by atoms with E-state index in [9.17, 15) is 13.2 Å². The highest BCUT2D eigenvalue weighted by Gasteiger charge is 2.33. The van der Waals surface area contributed by atoms with Crippen molar-refractivity contribution in [1.29, 1.82) is 0 Å². The standard InChI is InChI=1S/C8H8F3IN2O2/c9-8(10,11)16-7-4(2-13)1-5(12)6(3-15)14-7/h1,15H,2-3,13H2. The summed E-state index contributed by atoms with van der Waals surface area (Å²) in [6.45, 7) is -0.586. The van der Waals surface area contributed by atoms with Crippen LogP contribution in [0.15, 0.2) is 6.07 Å². The zero-order valence-electron chi connectivity index (χ0n) is 7.88. The molecular weight excluding hydrogens is 340 g/mol. The van der Waals surface area contributed by atoms with Crippen molar-refractivity contribution < 1.29 is 23.0 Å². The molecule has 0 atom stereocenters. The van der Waals surface area contributed by atoms with E-state index in [1.807, 2.05) is 22.6 Å². The van der Waals surface area contributed by atoms with Crippen molar-refractivity contribution in [3.63, 3.8) is 0 Å². The molecule has 0 saturated carbocycles. The van der Waals surface area contributed by atoms with Crippen LogP contribution in [0.2, 0.25) is 0 Å². The topological polar surface area (TPSA) is 68.4 Å². The lowest BCUT2D eigenvalue weighted by atomic mass is 10.2. The van der Waals surface area contributed by atoms with Gasteiger partial charge in [0.1, 0.15) is 0 Å². The number of halogens is 4. The SMILES string of the molecule is NCc1cc(I)c(CO)nc1OC(F)(F)F. The summed E-state index contributed by atoms with van der Waals surface area (Å²) in [7, 11) is 0. The molecule has 1 rings (SSSR count). The summed E-state index contributed by atoms with van der Waals surface area (Å²) in [5, 5.41) is 8.87. The van der Waals surface area contributed by atoms with Gasteiger partial charge in [-0.15, -0.1) is 13.2 Å². The maximum Gasteiger partial charge on any atom is 0.574 e. The van der Waals surface area contributed by atoms with Crippen LogP contribution < -0.4 is 10.5 Å². The minimum atomic E-state index is -4.82. The highest BCUT2D eigenvalue weighted by atomic mass is 127. The smallest absolute Gasteiger partial charge is 0.390 e. The molecule has 16 heavy (non-hydrogen) atoms. The van der Waals surface area contributed by atoms with Crippen molar-refractivity contribution in [3.8, 4) is 5.88 Å². The van der Waals surface area contributed by atoms with E-state index in [1.165, 1.54) is 6.07 Å². The molecule has 0 aromatic carbocycles. The van der Waals surface area contributed by atoms with Gasteiger partial charge in [0.05, 0.1) is 12.3 Å². The maximum absolute atomic E-state index is 12.0. The number of aromatic nitrogens is 1. The summed E-state index contributed by atoms with van der Waals surface area (Å²) in [6.07, 6.45) is -4.82. The number of aliphatic hydroxyl groups is 1. The van der Waals surface area contributed by atoms with Crippen LogP contribution in [-0.2, 0) is 13.2 Å². The predicted octanol–water partition coefficient (Wildman–Crippen LogP) is 1.54. The Hall–Kier alpha value is -0.610. The van der Waals surface area contributed by atoms with Gasteiger partial charge >= 0.3 is 6.36 Å². The number of hydrogen-bond donors (Lipinski definition) is 2. The fourth-order valence-corrected chi connectivity index (χ4v) is 1.67. The minimum absolute atomic E-state index is 0.122. The monoisotopic (exact) mass is 348 g/mol. The third-order valence-electron chi connectivity index (χ3n) is 1.67. The molecule has 0 fully saturated rings. The molecule has 1 aromatic heterocycles. The van der Waals surface area contributed by atoms with Gasteiger partial charge in [0.15, 0.2) is 0 Å². The van der Waals surface area contributed by atoms with Gasteiger partial charge < -0.3 is 15.6 Å². The lowest BCUT2D eigenvalue weighted by molar-refractivity contribution is -0.276. The number of rotatable bonds is 3. The zero-order valence-corrected chi connectivity index (χ0v) is 10.0. The molecule has 0 saturated heterocycles. The average molecular weight is 348 g/mol. The minimum Gasteiger partial charge on any atom is -0.390 e. The lowest BCUT2D eigenvalue weighted by Crippen LogP contribution is -2.20. The van der Waals surface area contributed by atoms with E-state index in [0.29, 0.717) is 3.57 Å². The van der Waals surface area contributed by atoms with Gasteiger partial charge in [0, 0.05) is 15.7 Å². The molecular formula is C8H8F3IN2O2. The van der Waals surface area contributed by atoms with Gasteiger partial charge in [-0.25, -0.2) is 4.98 Å². The maximum atomic E-state index is 12.0. The summed E-state index contributed by atoms with van der Waals surface area (Å²) in [5.41, 5.74) is 5.54. The van der Waals surface area contributed by atoms with Gasteiger partial charge in [-0.1, -0.05) is 0 Å². The van der Waals surface area contributed by atoms with E-state index in [0.717, 1.165) is 0 Å². The molecule has 0 amide bonds. The Morgan fingerprint density at radius 2 is 2.12 bits per heavy atom. The molecule has 3 N–H and O–H groups in total. The second-order valence-corrected chi connectivity index (χ2v) is 3.95. The summed E-state index contributed by atoms with van der Waals surface area (Å²) in [6, 6.07) is 1.40. The first-order valence-electron chi connectivity index (χ1n) is 4.12. The Balaban J connectivity index is 3.15. The predicted molar refractivity (Wildman–Crippen MR) is 57.5 cm³/mol. The fraction of sp³-hybridized carbons (Fsp3) is 0.375. The van der Waals surface area contributed by atoms with Crippen molar-refractivity contribution in [2.24, 2.45) is 5.73 Å². The Morgan fingerprint density at radius 3 is 2.56 bits per heavy atom. The molecule has 0 aliphatic carbocycles. The first-order chi connectivity index (χ1) is 7.37. The van der Waals surface area contributed by atoms with Crippen molar-refractivity contribution in [2.45, 2.75) is 19.5 Å². The normalized spacial score (nSPS) is 11.6. The molecule has 0 bridgehead atoms. The van der Waals surface area contributed by atoms with E-state index in [4.69, 9.17) is 10.8 Å². The summed E-state index contributed by atoms with van der Waals surface area (Å²) in [4.78, 5) is 3.57. The van der Waals surface area contributed by atoms with Crippen molar-refractivity contribution in [3.05, 3.63) is 20.9 Å². The Labute approximate surface area is 103 Å². The van der Waals surface area contributed by atoms with E-state index in [2.05, 4.69) is 9.72 Å². The van der Waals surface area contributed by atoms with Crippen LogP contribution in [0.5, 0.6) is 5.88 Å². The summed E-state index contributed by atoms with van der Waals surface area (Å²) < 4.78 is 40.3. The van der Waals surface area contributed by atoms with Gasteiger partial charge in [-0.05, 0) is 28.7 Å². The van der Waals surface area contributed by atoms with Crippen LogP contribution in [0.1, 0.15) is 11.3 Å². The summed E-state index contributed by atoms with van der Waals surface area (Å²) >= 11 is 1.85. The molecule has 0 unspecified atom stereocenters.